The molecule has 0 fully saturated rings. The molecular weight excluding hydrogens is 388 g/mol. The Labute approximate surface area is 127 Å². The topological polar surface area (TPSA) is 0 Å². The lowest BCUT2D eigenvalue weighted by Crippen LogP contribution is -2.00. The third-order valence-electron chi connectivity index (χ3n) is 2.70. The Kier molecular flexibility index (Phi) is 4.73. The van der Waals surface area contributed by atoms with Gasteiger partial charge in [0.05, 0.1) is 5.38 Å². The maximum Gasteiger partial charge on any atom is 0.159 e. The summed E-state index contributed by atoms with van der Waals surface area (Å²) < 4.78 is 39.6. The van der Waals surface area contributed by atoms with E-state index in [0.29, 0.717) is 15.6 Å². The zero-order chi connectivity index (χ0) is 14.0. The molecule has 0 N–H and O–H groups in total. The molecule has 0 spiro atoms. The van der Waals surface area contributed by atoms with Crippen LogP contribution in [0.5, 0.6) is 0 Å². The summed E-state index contributed by atoms with van der Waals surface area (Å²) in [4.78, 5) is 0. The van der Waals surface area contributed by atoms with Gasteiger partial charge in [-0.05, 0) is 64.4 Å². The standard InChI is InChI=1S/C14H9ClF3I/c15-11(10-3-2-9(16)7-14(10)19)5-8-1-4-12(17)13(18)6-8/h1-4,6-7,11H,5H2. The number of rotatable bonds is 3. The van der Waals surface area contributed by atoms with Gasteiger partial charge in [0, 0.05) is 3.57 Å². The summed E-state index contributed by atoms with van der Waals surface area (Å²) >= 11 is 8.24. The number of alkyl halides is 1. The third kappa shape index (κ3) is 3.63. The average Bonchev–Trinajstić information content (AvgIpc) is 2.33. The van der Waals surface area contributed by atoms with Crippen molar-refractivity contribution < 1.29 is 13.2 Å². The fourth-order valence-electron chi connectivity index (χ4n) is 1.74. The summed E-state index contributed by atoms with van der Waals surface area (Å²) in [5.74, 6) is -2.11. The van der Waals surface area contributed by atoms with Crippen molar-refractivity contribution in [3.8, 4) is 0 Å². The van der Waals surface area contributed by atoms with Crippen LogP contribution in [0.15, 0.2) is 36.4 Å². The first-order valence-electron chi connectivity index (χ1n) is 5.50. The molecule has 0 bridgehead atoms. The SMILES string of the molecule is Fc1ccc(C(Cl)Cc2ccc(F)c(F)c2)c(I)c1. The molecule has 0 amide bonds. The van der Waals surface area contributed by atoms with Crippen molar-refractivity contribution in [1.29, 1.82) is 0 Å². The van der Waals surface area contributed by atoms with Crippen LogP contribution in [0.4, 0.5) is 13.2 Å². The summed E-state index contributed by atoms with van der Waals surface area (Å²) in [5.41, 5.74) is 1.37. The molecule has 2 aromatic rings. The lowest BCUT2D eigenvalue weighted by molar-refractivity contribution is 0.507. The molecule has 19 heavy (non-hydrogen) atoms. The van der Waals surface area contributed by atoms with E-state index in [9.17, 15) is 13.2 Å². The minimum atomic E-state index is -0.893. The molecule has 2 aromatic carbocycles. The highest BCUT2D eigenvalue weighted by Crippen LogP contribution is 2.29. The highest BCUT2D eigenvalue weighted by molar-refractivity contribution is 14.1. The first-order valence-corrected chi connectivity index (χ1v) is 7.02. The van der Waals surface area contributed by atoms with Crippen molar-refractivity contribution >= 4 is 34.2 Å². The zero-order valence-corrected chi connectivity index (χ0v) is 12.6. The Morgan fingerprint density at radius 2 is 1.74 bits per heavy atom. The molecule has 0 aliphatic heterocycles. The Morgan fingerprint density at radius 1 is 1.00 bits per heavy atom. The highest BCUT2D eigenvalue weighted by atomic mass is 127. The van der Waals surface area contributed by atoms with Crippen molar-refractivity contribution in [1.82, 2.24) is 0 Å². The normalized spacial score (nSPS) is 12.5. The van der Waals surface area contributed by atoms with Gasteiger partial charge in [-0.1, -0.05) is 12.1 Å². The Morgan fingerprint density at radius 3 is 2.37 bits per heavy atom. The van der Waals surface area contributed by atoms with E-state index in [1.54, 1.807) is 6.07 Å². The molecule has 0 aromatic heterocycles. The van der Waals surface area contributed by atoms with E-state index in [-0.39, 0.29) is 5.82 Å². The van der Waals surface area contributed by atoms with Crippen LogP contribution < -0.4 is 0 Å². The highest BCUT2D eigenvalue weighted by Gasteiger charge is 2.14. The van der Waals surface area contributed by atoms with Crippen molar-refractivity contribution in [2.24, 2.45) is 0 Å². The largest absolute Gasteiger partial charge is 0.207 e. The third-order valence-corrected chi connectivity index (χ3v) is 4.02. The molecule has 2 rings (SSSR count). The molecule has 0 nitrogen and oxygen atoms in total. The number of hydrogen-bond acceptors (Lipinski definition) is 0. The van der Waals surface area contributed by atoms with Gasteiger partial charge < -0.3 is 0 Å². The molecule has 0 saturated carbocycles. The van der Waals surface area contributed by atoms with Gasteiger partial charge in [-0.25, -0.2) is 13.2 Å². The number of hydrogen-bond donors (Lipinski definition) is 0. The van der Waals surface area contributed by atoms with Gasteiger partial charge in [0.15, 0.2) is 11.6 Å². The van der Waals surface area contributed by atoms with E-state index in [4.69, 9.17) is 11.6 Å². The number of benzene rings is 2. The average molecular weight is 397 g/mol. The van der Waals surface area contributed by atoms with E-state index < -0.39 is 17.0 Å². The van der Waals surface area contributed by atoms with E-state index in [0.717, 1.165) is 17.7 Å². The molecule has 1 unspecified atom stereocenters. The fourth-order valence-corrected chi connectivity index (χ4v) is 3.14. The van der Waals surface area contributed by atoms with E-state index in [2.05, 4.69) is 0 Å². The van der Waals surface area contributed by atoms with E-state index in [1.165, 1.54) is 18.2 Å². The first-order chi connectivity index (χ1) is 8.97. The van der Waals surface area contributed by atoms with Crippen molar-refractivity contribution in [2.45, 2.75) is 11.8 Å². The smallest absolute Gasteiger partial charge is 0.159 e. The van der Waals surface area contributed by atoms with Gasteiger partial charge in [0.25, 0.3) is 0 Å². The van der Waals surface area contributed by atoms with Crippen LogP contribution in [0, 0.1) is 21.0 Å². The predicted octanol–water partition coefficient (Wildman–Crippen LogP) is 5.23. The van der Waals surface area contributed by atoms with Gasteiger partial charge in [-0.15, -0.1) is 11.6 Å². The van der Waals surface area contributed by atoms with Crippen LogP contribution >= 0.6 is 34.2 Å². The van der Waals surface area contributed by atoms with Crippen molar-refractivity contribution in [2.75, 3.05) is 0 Å². The predicted molar refractivity (Wildman–Crippen MR) is 77.8 cm³/mol. The first kappa shape index (κ1) is 14.7. The minimum Gasteiger partial charge on any atom is -0.207 e. The molecule has 0 aliphatic carbocycles. The molecule has 0 radical (unpaired) electrons. The van der Waals surface area contributed by atoms with Gasteiger partial charge in [-0.2, -0.15) is 0 Å². The Bertz CT molecular complexity index is 601. The Balaban J connectivity index is 2.20. The molecule has 5 heteroatoms. The lowest BCUT2D eigenvalue weighted by Gasteiger charge is -2.12. The molecular formula is C14H9ClF3I. The Hall–Kier alpha value is -0.750. The quantitative estimate of drug-likeness (QED) is 0.492. The van der Waals surface area contributed by atoms with Gasteiger partial charge in [0.1, 0.15) is 5.82 Å². The summed E-state index contributed by atoms with van der Waals surface area (Å²) in [7, 11) is 0. The number of halogens is 5. The van der Waals surface area contributed by atoms with Crippen molar-refractivity contribution in [3.63, 3.8) is 0 Å². The molecule has 1 atom stereocenters. The van der Waals surface area contributed by atoms with E-state index >= 15 is 0 Å². The maximum atomic E-state index is 13.1. The van der Waals surface area contributed by atoms with Crippen LogP contribution in [0.25, 0.3) is 0 Å². The van der Waals surface area contributed by atoms with Crippen molar-refractivity contribution in [3.05, 3.63) is 68.5 Å². The molecule has 0 saturated heterocycles. The second-order valence-electron chi connectivity index (χ2n) is 4.09. The lowest BCUT2D eigenvalue weighted by atomic mass is 10.0. The van der Waals surface area contributed by atoms with Crippen LogP contribution in [-0.4, -0.2) is 0 Å². The summed E-state index contributed by atoms with van der Waals surface area (Å²) in [6.07, 6.45) is 0.348. The van der Waals surface area contributed by atoms with Gasteiger partial charge >= 0.3 is 0 Å². The van der Waals surface area contributed by atoms with Crippen LogP contribution in [0.2, 0.25) is 0 Å². The van der Waals surface area contributed by atoms with Gasteiger partial charge in [0.2, 0.25) is 0 Å². The summed E-state index contributed by atoms with van der Waals surface area (Å²) in [5, 5.41) is -0.419. The monoisotopic (exact) mass is 396 g/mol. The maximum absolute atomic E-state index is 13.1. The zero-order valence-electron chi connectivity index (χ0n) is 9.64. The molecule has 100 valence electrons. The molecule has 0 heterocycles. The minimum absolute atomic E-state index is 0.329. The summed E-state index contributed by atoms with van der Waals surface area (Å²) in [6.45, 7) is 0. The van der Waals surface area contributed by atoms with Crippen LogP contribution in [0.3, 0.4) is 0 Å². The van der Waals surface area contributed by atoms with Crippen LogP contribution in [0.1, 0.15) is 16.5 Å². The molecule has 0 aliphatic rings. The second-order valence-corrected chi connectivity index (χ2v) is 5.77. The fraction of sp³-hybridized carbons (Fsp3) is 0.143. The van der Waals surface area contributed by atoms with Gasteiger partial charge in [-0.3, -0.25) is 0 Å². The summed E-state index contributed by atoms with van der Waals surface area (Å²) in [6, 6.07) is 8.01. The van der Waals surface area contributed by atoms with Crippen LogP contribution in [-0.2, 0) is 6.42 Å². The second kappa shape index (κ2) is 6.13. The van der Waals surface area contributed by atoms with E-state index in [1.807, 2.05) is 22.6 Å².